The molecule has 0 aliphatic carbocycles. The van der Waals surface area contributed by atoms with Crippen molar-refractivity contribution in [1.82, 2.24) is 0 Å². The van der Waals surface area contributed by atoms with E-state index < -0.39 is 20.1 Å². The molecule has 0 fully saturated rings. The van der Waals surface area contributed by atoms with Gasteiger partial charge in [0.15, 0.2) is 0 Å². The molecule has 0 radical (unpaired) electrons. The first kappa shape index (κ1) is 35.0. The molecule has 0 heterocycles. The van der Waals surface area contributed by atoms with Crippen LogP contribution < -0.4 is 0 Å². The lowest BCUT2D eigenvalue weighted by Crippen LogP contribution is -2.03. The molecule has 2 heteroatoms. The van der Waals surface area contributed by atoms with Gasteiger partial charge < -0.3 is 0 Å². The summed E-state index contributed by atoms with van der Waals surface area (Å²) < 4.78 is 0. The fourth-order valence-electron chi connectivity index (χ4n) is 8.68. The molecule has 0 aliphatic heterocycles. The molecular formula is C52H50S2. The molecule has 0 spiro atoms. The standard InChI is InChI=1S/C52H50S2/c1-53(2,3)31-29-49-41-15-9-7-13-37(41)33-51-43-19-11-17-39(45(43)25-27-47(49)51)35-21-23-36(24-22-35)40-18-12-20-44-46(40)26-28-48-50(30-32-54(4,5)6)42-16-10-8-14-38(42)34-52(44)48/h7-28,33-34H,29-32H2,1-6H3. The third kappa shape index (κ3) is 6.44. The molecule has 0 saturated heterocycles. The Labute approximate surface area is 323 Å². The predicted molar refractivity (Wildman–Crippen MR) is 250 cm³/mol. The Balaban J connectivity index is 1.13. The molecule has 0 N–H and O–H groups in total. The highest BCUT2D eigenvalue weighted by atomic mass is 32.3. The molecule has 0 bridgehead atoms. The second-order valence-electron chi connectivity index (χ2n) is 16.9. The van der Waals surface area contributed by atoms with Gasteiger partial charge in [0.2, 0.25) is 0 Å². The van der Waals surface area contributed by atoms with E-state index in [0.717, 1.165) is 12.8 Å². The van der Waals surface area contributed by atoms with Crippen molar-refractivity contribution in [2.24, 2.45) is 0 Å². The van der Waals surface area contributed by atoms with Crippen molar-refractivity contribution < 1.29 is 0 Å². The molecular weight excluding hydrogens is 689 g/mol. The minimum Gasteiger partial charge on any atom is -0.249 e. The molecule has 0 aliphatic rings. The topological polar surface area (TPSA) is 0 Å². The highest BCUT2D eigenvalue weighted by Gasteiger charge is 2.17. The van der Waals surface area contributed by atoms with Gasteiger partial charge in [-0.15, -0.1) is 0 Å². The third-order valence-electron chi connectivity index (χ3n) is 11.5. The summed E-state index contributed by atoms with van der Waals surface area (Å²) in [5.41, 5.74) is 8.08. The van der Waals surface area contributed by atoms with Gasteiger partial charge in [-0.05, 0) is 172 Å². The Kier molecular flexibility index (Phi) is 8.75. The van der Waals surface area contributed by atoms with Crippen LogP contribution in [0.4, 0.5) is 0 Å². The van der Waals surface area contributed by atoms with E-state index in [1.807, 2.05) is 0 Å². The van der Waals surface area contributed by atoms with Crippen LogP contribution in [0, 0.1) is 0 Å². The summed E-state index contributed by atoms with van der Waals surface area (Å²) in [6, 6.07) is 55.4. The van der Waals surface area contributed by atoms with E-state index in [4.69, 9.17) is 0 Å². The van der Waals surface area contributed by atoms with Crippen molar-refractivity contribution in [2.75, 3.05) is 49.0 Å². The Bertz CT molecular complexity index is 2680. The smallest absolute Gasteiger partial charge is 0.00960 e. The van der Waals surface area contributed by atoms with Crippen molar-refractivity contribution in [2.45, 2.75) is 12.8 Å². The molecule has 0 saturated carbocycles. The van der Waals surface area contributed by atoms with Crippen LogP contribution in [-0.2, 0) is 12.8 Å². The van der Waals surface area contributed by atoms with Gasteiger partial charge in [-0.1, -0.05) is 133 Å². The molecule has 9 aromatic carbocycles. The lowest BCUT2D eigenvalue weighted by molar-refractivity contribution is 1.19. The lowest BCUT2D eigenvalue weighted by Gasteiger charge is -2.26. The second kappa shape index (κ2) is 13.5. The normalized spacial score (nSPS) is 13.1. The predicted octanol–water partition coefficient (Wildman–Crippen LogP) is 14.4. The van der Waals surface area contributed by atoms with E-state index >= 15 is 0 Å². The number of rotatable bonds is 8. The largest absolute Gasteiger partial charge is 0.249 e. The van der Waals surface area contributed by atoms with Crippen molar-refractivity contribution in [3.63, 3.8) is 0 Å². The monoisotopic (exact) mass is 738 g/mol. The number of hydrogen-bond acceptors (Lipinski definition) is 0. The Morgan fingerprint density at radius 3 is 1.09 bits per heavy atom. The van der Waals surface area contributed by atoms with E-state index in [1.54, 1.807) is 0 Å². The van der Waals surface area contributed by atoms with E-state index in [2.05, 4.69) is 183 Å². The zero-order valence-electron chi connectivity index (χ0n) is 32.5. The minimum atomic E-state index is -0.607. The molecule has 0 nitrogen and oxygen atoms in total. The SMILES string of the molecule is CS(C)(C)CCc1c2ccccc2cc2c1ccc1c(-c3ccc(-c4cccc5c4ccc4c(CCS(C)(C)C)c6ccccc6cc45)cc3)cccc12. The maximum absolute atomic E-state index is 2.43. The van der Waals surface area contributed by atoms with Gasteiger partial charge in [0.25, 0.3) is 0 Å². The van der Waals surface area contributed by atoms with Gasteiger partial charge in [-0.3, -0.25) is 0 Å². The number of hydrogen-bond donors (Lipinski definition) is 0. The first-order chi connectivity index (χ1) is 26.0. The molecule has 0 amide bonds. The summed E-state index contributed by atoms with van der Waals surface area (Å²) in [5, 5.41) is 16.3. The van der Waals surface area contributed by atoms with Crippen LogP contribution in [0.1, 0.15) is 11.1 Å². The Morgan fingerprint density at radius 2 is 0.685 bits per heavy atom. The fourth-order valence-corrected chi connectivity index (χ4v) is 10.3. The molecule has 54 heavy (non-hydrogen) atoms. The number of aryl methyl sites for hydroxylation is 2. The first-order valence-corrected chi connectivity index (χ1v) is 25.2. The van der Waals surface area contributed by atoms with Crippen molar-refractivity contribution in [3.8, 4) is 22.3 Å². The maximum atomic E-state index is 2.43. The van der Waals surface area contributed by atoms with Crippen LogP contribution in [0.15, 0.2) is 146 Å². The van der Waals surface area contributed by atoms with E-state index in [9.17, 15) is 0 Å². The first-order valence-electron chi connectivity index (χ1n) is 19.2. The van der Waals surface area contributed by atoms with E-state index in [0.29, 0.717) is 0 Å². The summed E-state index contributed by atoms with van der Waals surface area (Å²) >= 11 is 0. The second-order valence-corrected chi connectivity index (χ2v) is 26.1. The quantitative estimate of drug-likeness (QED) is 0.108. The van der Waals surface area contributed by atoms with Crippen LogP contribution in [0.5, 0.6) is 0 Å². The molecule has 0 unspecified atom stereocenters. The van der Waals surface area contributed by atoms with Crippen molar-refractivity contribution in [1.29, 1.82) is 0 Å². The fraction of sp³-hybridized carbons (Fsp3) is 0.192. The minimum absolute atomic E-state index is 0.607. The molecule has 0 aromatic heterocycles. The summed E-state index contributed by atoms with van der Waals surface area (Å²) in [5.74, 6) is 2.48. The number of fused-ring (bicyclic) bond motifs is 8. The van der Waals surface area contributed by atoms with Gasteiger partial charge in [-0.25, -0.2) is 20.1 Å². The van der Waals surface area contributed by atoms with E-state index in [-0.39, 0.29) is 0 Å². The zero-order chi connectivity index (χ0) is 37.2. The number of benzene rings is 9. The molecule has 9 rings (SSSR count). The summed E-state index contributed by atoms with van der Waals surface area (Å²) in [6.45, 7) is 0. The molecule has 270 valence electrons. The van der Waals surface area contributed by atoms with Crippen LogP contribution in [-0.4, -0.2) is 49.0 Å². The van der Waals surface area contributed by atoms with Crippen LogP contribution in [0.25, 0.3) is 86.9 Å². The molecule has 0 atom stereocenters. The Hall–Kier alpha value is -4.76. The summed E-state index contributed by atoms with van der Waals surface area (Å²) in [4.78, 5) is 0. The highest BCUT2D eigenvalue weighted by molar-refractivity contribution is 8.32. The van der Waals surface area contributed by atoms with E-state index in [1.165, 1.54) is 110 Å². The zero-order valence-corrected chi connectivity index (χ0v) is 34.1. The van der Waals surface area contributed by atoms with Gasteiger partial charge >= 0.3 is 0 Å². The van der Waals surface area contributed by atoms with Gasteiger partial charge in [0.05, 0.1) is 0 Å². The van der Waals surface area contributed by atoms with Crippen molar-refractivity contribution >= 4 is 84.7 Å². The summed E-state index contributed by atoms with van der Waals surface area (Å²) in [7, 11) is -1.21. The third-order valence-corrected chi connectivity index (χ3v) is 14.3. The van der Waals surface area contributed by atoms with Gasteiger partial charge in [0, 0.05) is 0 Å². The average molecular weight is 739 g/mol. The van der Waals surface area contributed by atoms with Gasteiger partial charge in [-0.2, -0.15) is 0 Å². The maximum Gasteiger partial charge on any atom is -0.00960 e. The van der Waals surface area contributed by atoms with Gasteiger partial charge in [0.1, 0.15) is 0 Å². The highest BCUT2D eigenvalue weighted by Crippen LogP contribution is 2.43. The molecule has 9 aromatic rings. The summed E-state index contributed by atoms with van der Waals surface area (Å²) in [6.07, 6.45) is 16.8. The Morgan fingerprint density at radius 1 is 0.315 bits per heavy atom. The van der Waals surface area contributed by atoms with Crippen molar-refractivity contribution in [3.05, 3.63) is 157 Å². The van der Waals surface area contributed by atoms with Crippen LogP contribution >= 0.6 is 20.1 Å². The average Bonchev–Trinajstić information content (AvgIpc) is 3.17. The van der Waals surface area contributed by atoms with Crippen LogP contribution in [0.2, 0.25) is 0 Å². The lowest BCUT2D eigenvalue weighted by atomic mass is 9.88. The van der Waals surface area contributed by atoms with Crippen LogP contribution in [0.3, 0.4) is 0 Å².